The second-order valence-electron chi connectivity index (χ2n) is 8.61. The van der Waals surface area contributed by atoms with E-state index in [4.69, 9.17) is 9.47 Å². The van der Waals surface area contributed by atoms with Crippen LogP contribution in [0.4, 0.5) is 0 Å². The monoisotopic (exact) mass is 501 g/mol. The van der Waals surface area contributed by atoms with Gasteiger partial charge in [-0.25, -0.2) is 13.1 Å². The van der Waals surface area contributed by atoms with Gasteiger partial charge >= 0.3 is 0 Å². The molecule has 4 rings (SSSR count). The quantitative estimate of drug-likeness (QED) is 0.650. The summed E-state index contributed by atoms with van der Waals surface area (Å²) in [5.74, 6) is 0.328. The molecule has 2 N–H and O–H groups in total. The van der Waals surface area contributed by atoms with E-state index in [0.717, 1.165) is 31.2 Å². The van der Waals surface area contributed by atoms with Crippen molar-refractivity contribution in [1.82, 2.24) is 14.9 Å². The van der Waals surface area contributed by atoms with Crippen LogP contribution in [0.3, 0.4) is 0 Å². The van der Waals surface area contributed by atoms with Crippen LogP contribution in [0.25, 0.3) is 0 Å². The number of carbonyl (C=O) groups is 2. The van der Waals surface area contributed by atoms with Crippen LogP contribution >= 0.6 is 0 Å². The highest BCUT2D eigenvalue weighted by Gasteiger charge is 2.29. The van der Waals surface area contributed by atoms with E-state index >= 15 is 0 Å². The lowest BCUT2D eigenvalue weighted by Gasteiger charge is -2.32. The van der Waals surface area contributed by atoms with Gasteiger partial charge in [0.1, 0.15) is 13.2 Å². The van der Waals surface area contributed by atoms with Crippen molar-refractivity contribution in [2.45, 2.75) is 43.0 Å². The van der Waals surface area contributed by atoms with Crippen LogP contribution < -0.4 is 19.5 Å². The van der Waals surface area contributed by atoms with Gasteiger partial charge in [-0.3, -0.25) is 9.59 Å². The maximum atomic E-state index is 13.4. The Morgan fingerprint density at radius 2 is 1.74 bits per heavy atom. The van der Waals surface area contributed by atoms with Gasteiger partial charge in [0, 0.05) is 19.2 Å². The first-order chi connectivity index (χ1) is 16.9. The molecular formula is C25H31N3O6S. The fourth-order valence-electron chi connectivity index (χ4n) is 4.31. The summed E-state index contributed by atoms with van der Waals surface area (Å²) in [6.45, 7) is 1.39. The van der Waals surface area contributed by atoms with Crippen LogP contribution in [-0.2, 0) is 19.6 Å². The molecule has 1 unspecified atom stereocenters. The van der Waals surface area contributed by atoms with Gasteiger partial charge in [-0.2, -0.15) is 0 Å². The Labute approximate surface area is 205 Å². The van der Waals surface area contributed by atoms with Crippen LogP contribution in [0, 0.1) is 0 Å². The van der Waals surface area contributed by atoms with Crippen molar-refractivity contribution in [2.75, 3.05) is 32.8 Å². The minimum atomic E-state index is -3.97. The lowest BCUT2D eigenvalue weighted by atomic mass is 10.0. The van der Waals surface area contributed by atoms with Crippen LogP contribution in [-0.4, -0.2) is 58.0 Å². The highest BCUT2D eigenvalue weighted by molar-refractivity contribution is 7.89. The van der Waals surface area contributed by atoms with Crippen molar-refractivity contribution in [3.8, 4) is 11.5 Å². The predicted octanol–water partition coefficient (Wildman–Crippen LogP) is 2.39. The summed E-state index contributed by atoms with van der Waals surface area (Å²) in [6, 6.07) is 13.3. The van der Waals surface area contributed by atoms with Crippen molar-refractivity contribution >= 4 is 21.8 Å². The first-order valence-corrected chi connectivity index (χ1v) is 13.4. The molecule has 2 amide bonds. The molecule has 2 heterocycles. The Balaban J connectivity index is 1.52. The summed E-state index contributed by atoms with van der Waals surface area (Å²) in [4.78, 5) is 27.6. The highest BCUT2D eigenvalue weighted by Crippen LogP contribution is 2.32. The number of rotatable bonds is 5. The van der Waals surface area contributed by atoms with Gasteiger partial charge in [0.25, 0.3) is 0 Å². The number of benzene rings is 2. The average molecular weight is 502 g/mol. The molecule has 0 radical (unpaired) electrons. The van der Waals surface area contributed by atoms with Crippen molar-refractivity contribution in [1.29, 1.82) is 0 Å². The fraction of sp³-hybridized carbons (Fsp3) is 0.440. The summed E-state index contributed by atoms with van der Waals surface area (Å²) in [5, 5.41) is 2.93. The lowest BCUT2D eigenvalue weighted by molar-refractivity contribution is -0.134. The normalized spacial score (nSPS) is 19.4. The van der Waals surface area contributed by atoms with E-state index in [0.29, 0.717) is 37.8 Å². The van der Waals surface area contributed by atoms with E-state index in [1.54, 1.807) is 11.0 Å². The Kier molecular flexibility index (Phi) is 8.25. The number of amides is 2. The smallest absolute Gasteiger partial charge is 0.241 e. The number of carbonyl (C=O) groups excluding carboxylic acids is 2. The Bertz CT molecular complexity index is 1140. The molecule has 10 heteroatoms. The zero-order valence-corrected chi connectivity index (χ0v) is 20.4. The predicted molar refractivity (Wildman–Crippen MR) is 130 cm³/mol. The van der Waals surface area contributed by atoms with E-state index in [1.165, 1.54) is 12.1 Å². The lowest BCUT2D eigenvalue weighted by Crippen LogP contribution is -2.44. The second kappa shape index (κ2) is 11.5. The number of nitrogens with one attached hydrogen (secondary N) is 2. The minimum absolute atomic E-state index is 0.00835. The molecule has 0 aliphatic carbocycles. The molecular weight excluding hydrogens is 470 g/mol. The zero-order valence-electron chi connectivity index (χ0n) is 19.6. The van der Waals surface area contributed by atoms with Crippen molar-refractivity contribution in [2.24, 2.45) is 0 Å². The molecule has 0 spiro atoms. The number of hydrogen-bond donors (Lipinski definition) is 2. The number of fused-ring (bicyclic) bond motifs is 1. The Morgan fingerprint density at radius 3 is 2.54 bits per heavy atom. The van der Waals surface area contributed by atoms with Crippen molar-refractivity contribution in [3.63, 3.8) is 0 Å². The molecule has 2 aromatic carbocycles. The number of hydrogen-bond acceptors (Lipinski definition) is 6. The maximum Gasteiger partial charge on any atom is 0.241 e. The number of sulfonamides is 1. The molecule has 1 atom stereocenters. The molecule has 1 saturated heterocycles. The van der Waals surface area contributed by atoms with Gasteiger partial charge in [0.15, 0.2) is 11.5 Å². The third-order valence-corrected chi connectivity index (χ3v) is 7.54. The van der Waals surface area contributed by atoms with Crippen LogP contribution in [0.1, 0.15) is 43.7 Å². The molecule has 0 saturated carbocycles. The SMILES string of the molecule is O=C1CC(c2ccccc2)N(C(=O)CNS(=O)(=O)c2ccc3c(c2)OCCO3)CCCCCCN1. The maximum absolute atomic E-state index is 13.4. The summed E-state index contributed by atoms with van der Waals surface area (Å²) in [6.07, 6.45) is 3.66. The minimum Gasteiger partial charge on any atom is -0.486 e. The van der Waals surface area contributed by atoms with Gasteiger partial charge in [-0.1, -0.05) is 43.2 Å². The Hall–Kier alpha value is -3.11. The van der Waals surface area contributed by atoms with Gasteiger partial charge in [-0.15, -0.1) is 0 Å². The molecule has 188 valence electrons. The van der Waals surface area contributed by atoms with E-state index < -0.39 is 22.6 Å². The molecule has 2 aliphatic rings. The van der Waals surface area contributed by atoms with Crippen molar-refractivity contribution < 1.29 is 27.5 Å². The van der Waals surface area contributed by atoms with Gasteiger partial charge in [0.05, 0.1) is 23.9 Å². The molecule has 2 aromatic rings. The topological polar surface area (TPSA) is 114 Å². The average Bonchev–Trinajstić information content (AvgIpc) is 2.92. The van der Waals surface area contributed by atoms with E-state index in [2.05, 4.69) is 10.0 Å². The van der Waals surface area contributed by atoms with Crippen LogP contribution in [0.5, 0.6) is 11.5 Å². The number of ether oxygens (including phenoxy) is 2. The highest BCUT2D eigenvalue weighted by atomic mass is 32.2. The van der Waals surface area contributed by atoms with Crippen LogP contribution in [0.15, 0.2) is 53.4 Å². The largest absolute Gasteiger partial charge is 0.486 e. The van der Waals surface area contributed by atoms with Crippen molar-refractivity contribution in [3.05, 3.63) is 54.1 Å². The molecule has 0 aromatic heterocycles. The third kappa shape index (κ3) is 6.52. The van der Waals surface area contributed by atoms with Gasteiger partial charge in [0.2, 0.25) is 21.8 Å². The molecule has 35 heavy (non-hydrogen) atoms. The third-order valence-electron chi connectivity index (χ3n) is 6.14. The van der Waals surface area contributed by atoms with E-state index in [1.807, 2.05) is 30.3 Å². The summed E-state index contributed by atoms with van der Waals surface area (Å²) in [7, 11) is -3.97. The Morgan fingerprint density at radius 1 is 1.00 bits per heavy atom. The number of nitrogens with zero attached hydrogens (tertiary/aromatic N) is 1. The first-order valence-electron chi connectivity index (χ1n) is 11.9. The summed E-state index contributed by atoms with van der Waals surface area (Å²) >= 11 is 0. The van der Waals surface area contributed by atoms with Gasteiger partial charge in [-0.05, 0) is 30.5 Å². The van der Waals surface area contributed by atoms with Crippen LogP contribution in [0.2, 0.25) is 0 Å². The second-order valence-corrected chi connectivity index (χ2v) is 10.4. The summed E-state index contributed by atoms with van der Waals surface area (Å²) in [5.41, 5.74) is 0.838. The van der Waals surface area contributed by atoms with E-state index in [9.17, 15) is 18.0 Å². The zero-order chi connectivity index (χ0) is 24.7. The first kappa shape index (κ1) is 25.0. The molecule has 0 bridgehead atoms. The fourth-order valence-corrected chi connectivity index (χ4v) is 5.30. The standard InChI is InChI=1S/C25H31N3O6S/c29-24-17-21(19-8-4-3-5-9-19)28(13-7-2-1-6-12-26-24)25(30)18-27-35(31,32)20-10-11-22-23(16-20)34-15-14-33-22/h3-5,8-11,16,21,27H,1-2,6-7,12-15,17-18H2,(H,26,29). The summed E-state index contributed by atoms with van der Waals surface area (Å²) < 4.78 is 39.2. The van der Waals surface area contributed by atoms with E-state index in [-0.39, 0.29) is 23.1 Å². The molecule has 2 aliphatic heterocycles. The molecule has 1 fully saturated rings. The molecule has 9 nitrogen and oxygen atoms in total. The van der Waals surface area contributed by atoms with Gasteiger partial charge < -0.3 is 19.7 Å².